The number of allylic oxidation sites excluding steroid dienone is 1. The van der Waals surface area contributed by atoms with Gasteiger partial charge in [0.1, 0.15) is 33.2 Å². The number of ether oxygens (including phenoxy) is 1. The van der Waals surface area contributed by atoms with Crippen LogP contribution in [-0.4, -0.2) is 66.2 Å². The van der Waals surface area contributed by atoms with Gasteiger partial charge in [0.15, 0.2) is 17.5 Å². The molecule has 1 aliphatic carbocycles. The van der Waals surface area contributed by atoms with Crippen LogP contribution in [0.1, 0.15) is 106 Å². The Kier molecular flexibility index (Phi) is 11.7. The van der Waals surface area contributed by atoms with Gasteiger partial charge in [0, 0.05) is 42.4 Å². The Morgan fingerprint density at radius 3 is 2.09 bits per heavy atom. The zero-order chi connectivity index (χ0) is 40.8. The van der Waals surface area contributed by atoms with Crippen molar-refractivity contribution >= 4 is 38.6 Å². The van der Waals surface area contributed by atoms with Crippen molar-refractivity contribution in [1.29, 1.82) is 5.26 Å². The molecule has 5 rings (SSSR count). The van der Waals surface area contributed by atoms with E-state index in [-0.39, 0.29) is 62.7 Å². The molecule has 2 heterocycles. The van der Waals surface area contributed by atoms with Gasteiger partial charge in [-0.15, -0.1) is 5.10 Å². The summed E-state index contributed by atoms with van der Waals surface area (Å²) in [5.74, 6) is 0.998. The van der Waals surface area contributed by atoms with Crippen molar-refractivity contribution in [2.24, 2.45) is 33.6 Å². The predicted octanol–water partition coefficient (Wildman–Crippen LogP) is 8.96. The van der Waals surface area contributed by atoms with Crippen LogP contribution >= 0.6 is 0 Å². The van der Waals surface area contributed by atoms with Crippen molar-refractivity contribution in [3.8, 4) is 17.5 Å². The van der Waals surface area contributed by atoms with Crippen molar-refractivity contribution in [3.63, 3.8) is 0 Å². The number of carbonyl (C=O) groups is 1. The van der Waals surface area contributed by atoms with Gasteiger partial charge in [0.05, 0.1) is 11.4 Å². The first-order valence-corrected chi connectivity index (χ1v) is 21.6. The third-order valence-corrected chi connectivity index (χ3v) is 12.2. The van der Waals surface area contributed by atoms with Crippen LogP contribution in [0.25, 0.3) is 17.0 Å². The van der Waals surface area contributed by atoms with Crippen LogP contribution in [0.5, 0.6) is 0 Å². The summed E-state index contributed by atoms with van der Waals surface area (Å²) in [6, 6.07) is 16.1. The molecule has 1 aliphatic heterocycles. The summed E-state index contributed by atoms with van der Waals surface area (Å²) in [6.45, 7) is 26.9. The Labute approximate surface area is 329 Å². The number of carbonyl (C=O) groups excluding carboxylic acids is 1. The Hall–Kier alpha value is -4.30. The van der Waals surface area contributed by atoms with E-state index in [1.165, 1.54) is 16.5 Å². The second-order valence-corrected chi connectivity index (χ2v) is 21.1. The molecule has 1 aromatic heterocycles. The number of fused-ring (bicyclic) bond motifs is 1. The van der Waals surface area contributed by atoms with E-state index in [4.69, 9.17) is 19.8 Å². The summed E-state index contributed by atoms with van der Waals surface area (Å²) in [5.41, 5.74) is 4.06. The van der Waals surface area contributed by atoms with Gasteiger partial charge in [-0.05, 0) is 78.2 Å². The highest BCUT2D eigenvalue weighted by Crippen LogP contribution is 2.50. The van der Waals surface area contributed by atoms with E-state index in [9.17, 15) is 18.5 Å². The topological polar surface area (TPSA) is 131 Å². The van der Waals surface area contributed by atoms with E-state index < -0.39 is 15.8 Å². The molecule has 1 saturated carbocycles. The Bertz CT molecular complexity index is 2110. The molecule has 1 fully saturated rings. The smallest absolute Gasteiger partial charge is 0.343 e. The number of nitriles is 1. The molecule has 0 amide bonds. The number of hydrogen-bond acceptors (Lipinski definition) is 9. The van der Waals surface area contributed by atoms with Crippen molar-refractivity contribution in [1.82, 2.24) is 14.8 Å². The number of benzene rings is 2. The molecule has 0 bridgehead atoms. The van der Waals surface area contributed by atoms with E-state index in [1.807, 2.05) is 49.1 Å². The van der Waals surface area contributed by atoms with Gasteiger partial charge in [-0.2, -0.15) is 9.94 Å². The monoisotopic (exact) mass is 768 g/mol. The van der Waals surface area contributed by atoms with Gasteiger partial charge in [-0.25, -0.2) is 23.2 Å². The van der Waals surface area contributed by atoms with Crippen LogP contribution in [0.15, 0.2) is 53.0 Å². The summed E-state index contributed by atoms with van der Waals surface area (Å²) < 4.78 is 32.0. The zero-order valence-electron chi connectivity index (χ0n) is 35.1. The second-order valence-electron chi connectivity index (χ2n) is 18.9. The molecule has 55 heavy (non-hydrogen) atoms. The van der Waals surface area contributed by atoms with Crippen LogP contribution in [0, 0.1) is 46.8 Å². The largest absolute Gasteiger partial charge is 0.458 e. The van der Waals surface area contributed by atoms with E-state index >= 15 is 0 Å². The fourth-order valence-corrected chi connectivity index (χ4v) is 8.52. The predicted molar refractivity (Wildman–Crippen MR) is 222 cm³/mol. The summed E-state index contributed by atoms with van der Waals surface area (Å²) in [5, 5.41) is 15.6. The van der Waals surface area contributed by atoms with Gasteiger partial charge in [-0.1, -0.05) is 93.5 Å². The minimum atomic E-state index is -3.13. The van der Waals surface area contributed by atoms with E-state index in [2.05, 4.69) is 87.4 Å². The molecule has 0 N–H and O–H groups in total. The Morgan fingerprint density at radius 1 is 1.00 bits per heavy atom. The lowest BCUT2D eigenvalue weighted by Crippen LogP contribution is -2.49. The first kappa shape index (κ1) is 41.9. The minimum Gasteiger partial charge on any atom is -0.458 e. The van der Waals surface area contributed by atoms with Gasteiger partial charge < -0.3 is 9.64 Å². The quantitative estimate of drug-likeness (QED) is 0.197. The van der Waals surface area contributed by atoms with Crippen molar-refractivity contribution in [3.05, 3.63) is 65.0 Å². The average molecular weight is 769 g/mol. The molecule has 2 aromatic carbocycles. The van der Waals surface area contributed by atoms with Crippen LogP contribution in [0.3, 0.4) is 0 Å². The molecule has 3 aromatic rings. The number of aromatic nitrogens is 3. The lowest BCUT2D eigenvalue weighted by Gasteiger charge is -2.50. The normalized spacial score (nSPS) is 21.4. The lowest BCUT2D eigenvalue weighted by molar-refractivity contribution is -0.162. The van der Waals surface area contributed by atoms with Gasteiger partial charge in [0.25, 0.3) is 0 Å². The Morgan fingerprint density at radius 2 is 1.60 bits per heavy atom. The van der Waals surface area contributed by atoms with Gasteiger partial charge in [-0.3, -0.25) is 0 Å². The number of sulfone groups is 1. The standard InChI is InChI=1S/C44H60N6O4S/c1-14-49(21-22-55(13,52)53)31-19-20-35(28(3)25-31)46-39-32(26-45)36(40-47-38(48-50(39)40)29-15-17-30(18-16-29)42(4,5)6)41(51)54-37-33(43(7,8)9)23-27(2)24-34(37)44(10,11)12/h15-20,25,27,33-34,37H,14,21-24H2,1-13H3. The first-order chi connectivity index (χ1) is 25.4. The first-order valence-electron chi connectivity index (χ1n) is 19.5. The minimum absolute atomic E-state index is 0.0366. The third-order valence-electron chi connectivity index (χ3n) is 11.3. The summed E-state index contributed by atoms with van der Waals surface area (Å²) >= 11 is 0. The maximum atomic E-state index is 14.7. The Balaban J connectivity index is 1.63. The van der Waals surface area contributed by atoms with E-state index in [0.717, 1.165) is 29.7 Å². The molecular weight excluding hydrogens is 709 g/mol. The molecular formula is C44H60N6O4S. The molecule has 11 heteroatoms. The van der Waals surface area contributed by atoms with Crippen molar-refractivity contribution in [2.45, 2.75) is 107 Å². The number of anilines is 1. The van der Waals surface area contributed by atoms with Crippen molar-refractivity contribution in [2.75, 3.05) is 30.0 Å². The number of esters is 1. The molecule has 0 radical (unpaired) electrons. The van der Waals surface area contributed by atoms with Gasteiger partial charge in [0.2, 0.25) is 0 Å². The highest BCUT2D eigenvalue weighted by atomic mass is 32.2. The van der Waals surface area contributed by atoms with Crippen LogP contribution in [-0.2, 0) is 24.8 Å². The summed E-state index contributed by atoms with van der Waals surface area (Å²) in [6.07, 6.45) is 2.75. The third kappa shape index (κ3) is 9.23. The van der Waals surface area contributed by atoms with E-state index in [1.54, 1.807) is 0 Å². The highest BCUT2D eigenvalue weighted by Gasteiger charge is 2.49. The fourth-order valence-electron chi connectivity index (χ4n) is 7.97. The molecule has 296 valence electrons. The number of aliphatic imine (C=N–C) groups is 1. The molecule has 0 saturated heterocycles. The lowest BCUT2D eigenvalue weighted by atomic mass is 9.59. The van der Waals surface area contributed by atoms with Crippen molar-refractivity contribution < 1.29 is 17.9 Å². The number of nitrogens with zero attached hydrogens (tertiary/aromatic N) is 6. The van der Waals surface area contributed by atoms with E-state index in [0.29, 0.717) is 30.5 Å². The summed E-state index contributed by atoms with van der Waals surface area (Å²) in [4.78, 5) is 26.6. The zero-order valence-corrected chi connectivity index (χ0v) is 35.9. The highest BCUT2D eigenvalue weighted by molar-refractivity contribution is 7.90. The molecule has 2 atom stereocenters. The van der Waals surface area contributed by atoms with Crippen LogP contribution in [0.2, 0.25) is 0 Å². The van der Waals surface area contributed by atoms with Crippen LogP contribution < -0.4 is 4.90 Å². The molecule has 2 aliphatic rings. The van der Waals surface area contributed by atoms with Crippen LogP contribution in [0.4, 0.5) is 11.4 Å². The number of aryl methyl sites for hydroxylation is 1. The maximum Gasteiger partial charge on any atom is 0.343 e. The average Bonchev–Trinajstić information content (AvgIpc) is 3.62. The van der Waals surface area contributed by atoms with Gasteiger partial charge >= 0.3 is 5.97 Å². The molecule has 10 nitrogen and oxygen atoms in total. The number of hydrogen-bond donors (Lipinski definition) is 0. The second kappa shape index (κ2) is 15.3. The summed E-state index contributed by atoms with van der Waals surface area (Å²) in [7, 11) is -3.13. The SMILES string of the molecule is CCN(CCS(C)(=O)=O)c1ccc(N=C2C(C#N)=C(C(=O)OC3C(C(C)(C)C)CC(C)CC3C(C)(C)C)c3nc(-c4ccc(C(C)(C)C)cc4)nn32)c(C)c1. The fraction of sp³-hybridized carbons (Fsp3) is 0.568. The molecule has 2 unspecified atom stereocenters. The number of rotatable bonds is 9. The maximum absolute atomic E-state index is 14.7. The molecule has 0 spiro atoms.